The van der Waals surface area contributed by atoms with Crippen LogP contribution in [0.15, 0.2) is 0 Å². The highest BCUT2D eigenvalue weighted by Gasteiger charge is 2.41. The van der Waals surface area contributed by atoms with Crippen molar-refractivity contribution in [2.24, 2.45) is 0 Å². The molecule has 1 amide bonds. The minimum atomic E-state index is -0.0945. The third kappa shape index (κ3) is 2.84. The maximum atomic E-state index is 12.0. The molecule has 104 valence electrons. The Bertz CT molecular complexity index is 301. The van der Waals surface area contributed by atoms with Crippen molar-refractivity contribution >= 4 is 5.91 Å². The van der Waals surface area contributed by atoms with Crippen molar-refractivity contribution in [3.63, 3.8) is 0 Å². The number of hydrogen-bond acceptors (Lipinski definition) is 4. The van der Waals surface area contributed by atoms with Gasteiger partial charge in [-0.15, -0.1) is 0 Å². The molecule has 0 aromatic heterocycles. The standard InChI is InChI=1S/C13H25N3O2/c1-13(2)9-15-12(17)11(7-14-3)16(13)8-10-5-4-6-18-10/h10-11,14H,4-9H2,1-3H3,(H,15,17). The van der Waals surface area contributed by atoms with Crippen LogP contribution in [0.1, 0.15) is 26.7 Å². The number of ether oxygens (including phenoxy) is 1. The van der Waals surface area contributed by atoms with E-state index in [4.69, 9.17) is 4.74 Å². The second-order valence-electron chi connectivity index (χ2n) is 5.89. The number of hydrogen-bond donors (Lipinski definition) is 2. The second kappa shape index (κ2) is 5.55. The minimum Gasteiger partial charge on any atom is -0.377 e. The number of piperazine rings is 1. The van der Waals surface area contributed by atoms with Crippen molar-refractivity contribution in [2.45, 2.75) is 44.4 Å². The first-order valence-corrected chi connectivity index (χ1v) is 6.85. The Labute approximate surface area is 109 Å². The summed E-state index contributed by atoms with van der Waals surface area (Å²) in [4.78, 5) is 14.3. The number of likely N-dealkylation sites (N-methyl/N-ethyl adjacent to an activating group) is 1. The molecule has 0 saturated carbocycles. The molecular weight excluding hydrogens is 230 g/mol. The van der Waals surface area contributed by atoms with Gasteiger partial charge in [0, 0.05) is 31.8 Å². The summed E-state index contributed by atoms with van der Waals surface area (Å²) in [6, 6.07) is -0.0945. The Hall–Kier alpha value is -0.650. The fourth-order valence-electron chi connectivity index (χ4n) is 2.86. The molecule has 0 bridgehead atoms. The van der Waals surface area contributed by atoms with Gasteiger partial charge in [-0.25, -0.2) is 0 Å². The highest BCUT2D eigenvalue weighted by atomic mass is 16.5. The van der Waals surface area contributed by atoms with E-state index in [0.717, 1.165) is 26.0 Å². The van der Waals surface area contributed by atoms with Crippen molar-refractivity contribution in [1.29, 1.82) is 0 Å². The molecule has 0 radical (unpaired) electrons. The summed E-state index contributed by atoms with van der Waals surface area (Å²) in [5.74, 6) is 0.127. The van der Waals surface area contributed by atoms with E-state index in [-0.39, 0.29) is 23.6 Å². The molecule has 0 aliphatic carbocycles. The SMILES string of the molecule is CNCC1C(=O)NCC(C)(C)N1CC1CCCO1. The molecule has 2 N–H and O–H groups in total. The lowest BCUT2D eigenvalue weighted by Crippen LogP contribution is -2.68. The van der Waals surface area contributed by atoms with Gasteiger partial charge in [0.25, 0.3) is 0 Å². The van der Waals surface area contributed by atoms with E-state index in [1.54, 1.807) is 0 Å². The smallest absolute Gasteiger partial charge is 0.238 e. The van der Waals surface area contributed by atoms with Gasteiger partial charge >= 0.3 is 0 Å². The van der Waals surface area contributed by atoms with Crippen molar-refractivity contribution in [2.75, 3.05) is 33.3 Å². The van der Waals surface area contributed by atoms with Gasteiger partial charge in [0.2, 0.25) is 5.91 Å². The van der Waals surface area contributed by atoms with E-state index in [2.05, 4.69) is 29.4 Å². The van der Waals surface area contributed by atoms with Crippen LogP contribution in [0.5, 0.6) is 0 Å². The predicted molar refractivity (Wildman–Crippen MR) is 70.5 cm³/mol. The fourth-order valence-corrected chi connectivity index (χ4v) is 2.86. The summed E-state index contributed by atoms with van der Waals surface area (Å²) < 4.78 is 5.72. The van der Waals surface area contributed by atoms with E-state index < -0.39 is 0 Å². The average molecular weight is 255 g/mol. The number of carbonyl (C=O) groups is 1. The van der Waals surface area contributed by atoms with Gasteiger partial charge in [-0.1, -0.05) is 0 Å². The van der Waals surface area contributed by atoms with Crippen molar-refractivity contribution in [1.82, 2.24) is 15.5 Å². The first-order chi connectivity index (χ1) is 8.54. The summed E-state index contributed by atoms with van der Waals surface area (Å²) >= 11 is 0. The number of amides is 1. The Balaban J connectivity index is 2.09. The van der Waals surface area contributed by atoms with Crippen LogP contribution in [-0.2, 0) is 9.53 Å². The van der Waals surface area contributed by atoms with E-state index in [1.165, 1.54) is 0 Å². The van der Waals surface area contributed by atoms with E-state index in [0.29, 0.717) is 13.1 Å². The van der Waals surface area contributed by atoms with Gasteiger partial charge in [0.1, 0.15) is 6.04 Å². The molecule has 0 aromatic rings. The van der Waals surface area contributed by atoms with Crippen LogP contribution in [0.3, 0.4) is 0 Å². The molecule has 2 aliphatic heterocycles. The van der Waals surface area contributed by atoms with Crippen LogP contribution >= 0.6 is 0 Å². The van der Waals surface area contributed by atoms with Crippen LogP contribution in [0.25, 0.3) is 0 Å². The zero-order valence-corrected chi connectivity index (χ0v) is 11.7. The molecule has 2 unspecified atom stereocenters. The lowest BCUT2D eigenvalue weighted by Gasteiger charge is -2.47. The molecule has 5 heteroatoms. The molecule has 2 atom stereocenters. The number of nitrogens with one attached hydrogen (secondary N) is 2. The van der Waals surface area contributed by atoms with Gasteiger partial charge < -0.3 is 15.4 Å². The highest BCUT2D eigenvalue weighted by Crippen LogP contribution is 2.24. The topological polar surface area (TPSA) is 53.6 Å². The summed E-state index contributed by atoms with van der Waals surface area (Å²) in [7, 11) is 1.89. The molecule has 2 heterocycles. The van der Waals surface area contributed by atoms with Gasteiger partial charge in [0.05, 0.1) is 6.10 Å². The maximum Gasteiger partial charge on any atom is 0.238 e. The summed E-state index contributed by atoms with van der Waals surface area (Å²) in [6.45, 7) is 7.48. The largest absolute Gasteiger partial charge is 0.377 e. The normalized spacial score (nSPS) is 32.5. The second-order valence-corrected chi connectivity index (χ2v) is 5.89. The van der Waals surface area contributed by atoms with Crippen LogP contribution < -0.4 is 10.6 Å². The first kappa shape index (κ1) is 13.8. The summed E-state index contributed by atoms with van der Waals surface area (Å²) in [6.07, 6.45) is 2.54. The van der Waals surface area contributed by atoms with Gasteiger partial charge in [0.15, 0.2) is 0 Å². The molecule has 0 aromatic carbocycles. The Morgan fingerprint density at radius 2 is 2.33 bits per heavy atom. The Morgan fingerprint density at radius 3 is 2.94 bits per heavy atom. The maximum absolute atomic E-state index is 12.0. The Kier molecular flexibility index (Phi) is 4.25. The first-order valence-electron chi connectivity index (χ1n) is 6.85. The summed E-state index contributed by atoms with van der Waals surface area (Å²) in [5.41, 5.74) is -0.0125. The number of nitrogens with zero attached hydrogens (tertiary/aromatic N) is 1. The number of rotatable bonds is 4. The number of carbonyl (C=O) groups excluding carboxylic acids is 1. The van der Waals surface area contributed by atoms with Gasteiger partial charge in [-0.2, -0.15) is 0 Å². The van der Waals surface area contributed by atoms with Gasteiger partial charge in [-0.3, -0.25) is 9.69 Å². The fraction of sp³-hybridized carbons (Fsp3) is 0.923. The molecule has 0 spiro atoms. The Morgan fingerprint density at radius 1 is 1.56 bits per heavy atom. The van der Waals surface area contributed by atoms with Crippen LogP contribution in [-0.4, -0.2) is 61.8 Å². The van der Waals surface area contributed by atoms with Crippen LogP contribution in [0.4, 0.5) is 0 Å². The lowest BCUT2D eigenvalue weighted by atomic mass is 9.94. The zero-order valence-electron chi connectivity index (χ0n) is 11.7. The molecule has 2 fully saturated rings. The third-order valence-electron chi connectivity index (χ3n) is 3.97. The van der Waals surface area contributed by atoms with E-state index in [9.17, 15) is 4.79 Å². The quantitative estimate of drug-likeness (QED) is 0.740. The third-order valence-corrected chi connectivity index (χ3v) is 3.97. The molecular formula is C13H25N3O2. The van der Waals surface area contributed by atoms with Crippen molar-refractivity contribution in [3.05, 3.63) is 0 Å². The monoisotopic (exact) mass is 255 g/mol. The lowest BCUT2D eigenvalue weighted by molar-refractivity contribution is -0.135. The molecule has 2 rings (SSSR count). The summed E-state index contributed by atoms with van der Waals surface area (Å²) in [5, 5.41) is 6.12. The molecule has 5 nitrogen and oxygen atoms in total. The van der Waals surface area contributed by atoms with Crippen molar-refractivity contribution in [3.8, 4) is 0 Å². The highest BCUT2D eigenvalue weighted by molar-refractivity contribution is 5.83. The van der Waals surface area contributed by atoms with Crippen LogP contribution in [0, 0.1) is 0 Å². The van der Waals surface area contributed by atoms with Crippen LogP contribution in [0.2, 0.25) is 0 Å². The predicted octanol–water partition coefficient (Wildman–Crippen LogP) is -0.0362. The van der Waals surface area contributed by atoms with E-state index in [1.807, 2.05) is 7.05 Å². The van der Waals surface area contributed by atoms with Gasteiger partial charge in [-0.05, 0) is 33.7 Å². The minimum absolute atomic E-state index is 0.0125. The van der Waals surface area contributed by atoms with Crippen molar-refractivity contribution < 1.29 is 9.53 Å². The molecule has 2 aliphatic rings. The van der Waals surface area contributed by atoms with E-state index >= 15 is 0 Å². The average Bonchev–Trinajstić information content (AvgIpc) is 2.82. The zero-order chi connectivity index (χ0) is 13.2. The molecule has 2 saturated heterocycles. The molecule has 18 heavy (non-hydrogen) atoms.